The molecule has 0 aliphatic carbocycles. The van der Waals surface area contributed by atoms with Crippen molar-refractivity contribution in [3.8, 4) is 5.75 Å². The number of ether oxygens (including phenoxy) is 1. The van der Waals surface area contributed by atoms with Gasteiger partial charge < -0.3 is 9.15 Å². The molecule has 3 aromatic rings. The Kier molecular flexibility index (Phi) is 6.30. The number of carbonyl (C=O) groups excluding carboxylic acids is 2. The Morgan fingerprint density at radius 2 is 1.80 bits per heavy atom. The van der Waals surface area contributed by atoms with E-state index >= 15 is 0 Å². The van der Waals surface area contributed by atoms with Gasteiger partial charge in [0, 0.05) is 11.0 Å². The van der Waals surface area contributed by atoms with Crippen molar-refractivity contribution < 1.29 is 18.7 Å². The van der Waals surface area contributed by atoms with Crippen molar-refractivity contribution in [3.63, 3.8) is 0 Å². The smallest absolute Gasteiger partial charge is 0.293 e. The molecule has 1 aromatic heterocycles. The Balaban J connectivity index is 1.36. The van der Waals surface area contributed by atoms with Gasteiger partial charge in [0.25, 0.3) is 11.1 Å². The minimum atomic E-state index is -0.328. The van der Waals surface area contributed by atoms with Crippen molar-refractivity contribution in [1.29, 1.82) is 0 Å². The summed E-state index contributed by atoms with van der Waals surface area (Å²) in [6, 6.07) is 21.2. The van der Waals surface area contributed by atoms with Gasteiger partial charge in [-0.3, -0.25) is 14.5 Å². The first-order chi connectivity index (χ1) is 14.6. The molecule has 2 aromatic carbocycles. The molecule has 7 heteroatoms. The van der Waals surface area contributed by atoms with Crippen molar-refractivity contribution in [2.24, 2.45) is 0 Å². The zero-order chi connectivity index (χ0) is 20.9. The molecule has 1 fully saturated rings. The minimum absolute atomic E-state index is 0.198. The number of hydrogen-bond acceptors (Lipinski definition) is 6. The molecule has 5 nitrogen and oxygen atoms in total. The first-order valence-electron chi connectivity index (χ1n) is 9.36. The van der Waals surface area contributed by atoms with Gasteiger partial charge in [-0.15, -0.1) is 0 Å². The summed E-state index contributed by atoms with van der Waals surface area (Å²) in [6.45, 7) is 2.44. The minimum Gasteiger partial charge on any atom is -0.492 e. The fraction of sp³-hybridized carbons (Fsp3) is 0.130. The second-order valence-corrected chi connectivity index (χ2v) is 8.64. The van der Waals surface area contributed by atoms with Crippen molar-refractivity contribution in [1.82, 2.24) is 4.90 Å². The highest BCUT2D eigenvalue weighted by molar-refractivity contribution is 8.18. The van der Waals surface area contributed by atoms with Gasteiger partial charge in [-0.1, -0.05) is 47.7 Å². The molecular formula is C23H19NO4S2. The van der Waals surface area contributed by atoms with Gasteiger partial charge in [0.15, 0.2) is 5.09 Å². The van der Waals surface area contributed by atoms with Gasteiger partial charge in [0.2, 0.25) is 0 Å². The third-order valence-corrected chi connectivity index (χ3v) is 6.15. The van der Waals surface area contributed by atoms with E-state index in [2.05, 4.69) is 0 Å². The fourth-order valence-corrected chi connectivity index (χ4v) is 4.43. The maximum atomic E-state index is 12.6. The molecule has 0 bridgehead atoms. The summed E-state index contributed by atoms with van der Waals surface area (Å²) in [6.07, 6.45) is 1.61. The molecule has 0 atom stereocenters. The van der Waals surface area contributed by atoms with E-state index in [0.29, 0.717) is 16.4 Å². The molecule has 1 saturated heterocycles. The number of thioether (sulfide) groups is 1. The van der Waals surface area contributed by atoms with Crippen LogP contribution in [0.15, 0.2) is 86.0 Å². The van der Waals surface area contributed by atoms with E-state index in [9.17, 15) is 9.59 Å². The van der Waals surface area contributed by atoms with Crippen molar-refractivity contribution >= 4 is 40.7 Å². The maximum absolute atomic E-state index is 12.6. The predicted octanol–water partition coefficient (Wildman–Crippen LogP) is 5.85. The Hall–Kier alpha value is -2.90. The van der Waals surface area contributed by atoms with Crippen LogP contribution in [0, 0.1) is 6.92 Å². The van der Waals surface area contributed by atoms with Crippen LogP contribution in [0.5, 0.6) is 5.75 Å². The summed E-state index contributed by atoms with van der Waals surface area (Å²) in [5.41, 5.74) is 1.14. The molecule has 30 heavy (non-hydrogen) atoms. The van der Waals surface area contributed by atoms with Crippen LogP contribution in [0.3, 0.4) is 0 Å². The zero-order valence-electron chi connectivity index (χ0n) is 16.2. The lowest BCUT2D eigenvalue weighted by atomic mass is 10.2. The molecular weight excluding hydrogens is 418 g/mol. The van der Waals surface area contributed by atoms with E-state index < -0.39 is 0 Å². The Labute approximate surface area is 183 Å². The highest BCUT2D eigenvalue weighted by Gasteiger charge is 2.35. The summed E-state index contributed by atoms with van der Waals surface area (Å²) in [7, 11) is 0. The van der Waals surface area contributed by atoms with Crippen LogP contribution in [0.25, 0.3) is 6.08 Å². The van der Waals surface area contributed by atoms with E-state index in [1.807, 2.05) is 67.6 Å². The lowest BCUT2D eigenvalue weighted by Gasteiger charge is -2.13. The predicted molar refractivity (Wildman–Crippen MR) is 119 cm³/mol. The topological polar surface area (TPSA) is 59.8 Å². The Morgan fingerprint density at radius 3 is 2.57 bits per heavy atom. The Morgan fingerprint density at radius 1 is 1.03 bits per heavy atom. The first kappa shape index (κ1) is 20.4. The third kappa shape index (κ3) is 4.98. The highest BCUT2D eigenvalue weighted by atomic mass is 32.2. The molecule has 152 valence electrons. The van der Waals surface area contributed by atoms with Crippen LogP contribution in [0.1, 0.15) is 11.3 Å². The van der Waals surface area contributed by atoms with Crippen molar-refractivity contribution in [2.45, 2.75) is 16.9 Å². The molecule has 0 N–H and O–H groups in total. The van der Waals surface area contributed by atoms with Crippen molar-refractivity contribution in [3.05, 3.63) is 83.0 Å². The van der Waals surface area contributed by atoms with Crippen LogP contribution in [0.2, 0.25) is 0 Å². The van der Waals surface area contributed by atoms with Gasteiger partial charge in [-0.25, -0.2) is 0 Å². The average molecular weight is 438 g/mol. The summed E-state index contributed by atoms with van der Waals surface area (Å²) < 4.78 is 11.4. The van der Waals surface area contributed by atoms with Crippen LogP contribution < -0.4 is 4.74 Å². The summed E-state index contributed by atoms with van der Waals surface area (Å²) in [5.74, 6) is 0.920. The summed E-state index contributed by atoms with van der Waals surface area (Å²) >= 11 is 2.41. The average Bonchev–Trinajstić information content (AvgIpc) is 3.29. The van der Waals surface area contributed by atoms with Crippen molar-refractivity contribution in [2.75, 3.05) is 13.2 Å². The number of furan rings is 1. The van der Waals surface area contributed by atoms with Crippen LogP contribution >= 0.6 is 23.5 Å². The number of nitrogens with zero attached hydrogens (tertiary/aromatic N) is 1. The number of imide groups is 1. The normalized spacial score (nSPS) is 15.2. The lowest BCUT2D eigenvalue weighted by molar-refractivity contribution is -0.123. The van der Waals surface area contributed by atoms with Gasteiger partial charge in [-0.2, -0.15) is 0 Å². The van der Waals surface area contributed by atoms with E-state index in [1.54, 1.807) is 12.1 Å². The van der Waals surface area contributed by atoms with E-state index in [4.69, 9.17) is 9.15 Å². The molecule has 1 aliphatic rings. The number of rotatable bonds is 7. The molecule has 2 amide bonds. The van der Waals surface area contributed by atoms with Gasteiger partial charge in [0.1, 0.15) is 18.1 Å². The molecule has 0 spiro atoms. The second kappa shape index (κ2) is 9.28. The quantitative estimate of drug-likeness (QED) is 0.432. The number of hydrogen-bond donors (Lipinski definition) is 0. The van der Waals surface area contributed by atoms with Crippen LogP contribution in [-0.2, 0) is 4.79 Å². The monoisotopic (exact) mass is 437 g/mol. The molecule has 0 unspecified atom stereocenters. The number of carbonyl (C=O) groups is 2. The van der Waals surface area contributed by atoms with E-state index in [1.165, 1.54) is 16.7 Å². The number of benzene rings is 2. The van der Waals surface area contributed by atoms with Gasteiger partial charge in [0.05, 0.1) is 11.4 Å². The fourth-order valence-electron chi connectivity index (χ4n) is 2.78. The second-order valence-electron chi connectivity index (χ2n) is 6.57. The van der Waals surface area contributed by atoms with E-state index in [0.717, 1.165) is 27.3 Å². The molecule has 1 aliphatic heterocycles. The number of amides is 2. The van der Waals surface area contributed by atoms with Gasteiger partial charge in [-0.05, 0) is 55.1 Å². The summed E-state index contributed by atoms with van der Waals surface area (Å²) in [5, 5.41) is 0.419. The summed E-state index contributed by atoms with van der Waals surface area (Å²) in [4.78, 5) is 27.5. The highest BCUT2D eigenvalue weighted by Crippen LogP contribution is 2.34. The van der Waals surface area contributed by atoms with E-state index in [-0.39, 0.29) is 24.3 Å². The first-order valence-corrected chi connectivity index (χ1v) is 11.0. The maximum Gasteiger partial charge on any atom is 0.293 e. The van der Waals surface area contributed by atoms with Crippen LogP contribution in [0.4, 0.5) is 4.79 Å². The molecule has 2 heterocycles. The van der Waals surface area contributed by atoms with Gasteiger partial charge >= 0.3 is 0 Å². The molecule has 0 saturated carbocycles. The molecule has 0 radical (unpaired) electrons. The van der Waals surface area contributed by atoms with Crippen LogP contribution in [-0.4, -0.2) is 29.2 Å². The number of aryl methyl sites for hydroxylation is 1. The largest absolute Gasteiger partial charge is 0.492 e. The third-order valence-electron chi connectivity index (χ3n) is 4.32. The standard InChI is InChI=1S/C23H19NO4S2/c1-16-7-9-17(10-8-16)27-14-13-24-22(25)20(30-23(24)26)15-18-11-12-21(28-18)29-19-5-3-2-4-6-19/h2-12,15H,13-14H2,1H3/b20-15-. The zero-order valence-corrected chi connectivity index (χ0v) is 17.9. The Bertz CT molecular complexity index is 1070. The SMILES string of the molecule is Cc1ccc(OCCN2C(=O)S/C(=C\c3ccc(Sc4ccccc4)o3)C2=O)cc1. The lowest BCUT2D eigenvalue weighted by Crippen LogP contribution is -2.32. The molecule has 4 rings (SSSR count).